The van der Waals surface area contributed by atoms with Crippen molar-refractivity contribution in [2.45, 2.75) is 19.3 Å². The van der Waals surface area contributed by atoms with E-state index in [9.17, 15) is 14.0 Å². The number of amides is 2. The molecule has 2 amide bonds. The maximum absolute atomic E-state index is 13.5. The van der Waals surface area contributed by atoms with Crippen LogP contribution in [0.2, 0.25) is 0 Å². The lowest BCUT2D eigenvalue weighted by Crippen LogP contribution is -2.49. The number of nitrogens with one attached hydrogen (secondary N) is 1. The van der Waals surface area contributed by atoms with Crippen LogP contribution in [-0.2, 0) is 20.7 Å². The number of nitrogens with zero attached hydrogens (tertiary/aromatic N) is 1. The van der Waals surface area contributed by atoms with E-state index in [2.05, 4.69) is 5.32 Å². The van der Waals surface area contributed by atoms with Gasteiger partial charge in [-0.05, 0) is 30.9 Å². The Bertz CT molecular complexity index is 595. The normalized spacial score (nSPS) is 19.3. The molecule has 0 radical (unpaired) electrons. The predicted octanol–water partition coefficient (Wildman–Crippen LogP) is 1.12. The molecular formula is C17H21FN2O3. The molecule has 1 saturated carbocycles. The molecule has 1 heterocycles. The largest absolute Gasteiger partial charge is 0.378 e. The lowest BCUT2D eigenvalue weighted by molar-refractivity contribution is -0.147. The summed E-state index contributed by atoms with van der Waals surface area (Å²) in [4.78, 5) is 26.7. The number of hydrogen-bond donors (Lipinski definition) is 1. The number of carbonyl (C=O) groups is 2. The zero-order valence-corrected chi connectivity index (χ0v) is 13.0. The van der Waals surface area contributed by atoms with Crippen molar-refractivity contribution < 1.29 is 18.7 Å². The number of carbonyl (C=O) groups excluding carboxylic acids is 2. The topological polar surface area (TPSA) is 58.6 Å². The maximum Gasteiger partial charge on any atom is 0.238 e. The molecule has 3 rings (SSSR count). The number of morpholine rings is 1. The second-order valence-electron chi connectivity index (χ2n) is 6.08. The third kappa shape index (κ3) is 3.37. The van der Waals surface area contributed by atoms with Crippen LogP contribution >= 0.6 is 0 Å². The van der Waals surface area contributed by atoms with Crippen LogP contribution in [-0.4, -0.2) is 49.6 Å². The minimum Gasteiger partial charge on any atom is -0.378 e. The highest BCUT2D eigenvalue weighted by atomic mass is 19.1. The van der Waals surface area contributed by atoms with Crippen molar-refractivity contribution in [1.82, 2.24) is 10.2 Å². The fraction of sp³-hybridized carbons (Fsp3) is 0.529. The van der Waals surface area contributed by atoms with Crippen LogP contribution < -0.4 is 5.32 Å². The van der Waals surface area contributed by atoms with Gasteiger partial charge in [-0.3, -0.25) is 9.59 Å². The quantitative estimate of drug-likeness (QED) is 0.827. The van der Waals surface area contributed by atoms with Gasteiger partial charge >= 0.3 is 0 Å². The lowest BCUT2D eigenvalue weighted by atomic mass is 10.0. The monoisotopic (exact) mass is 320 g/mol. The molecule has 0 spiro atoms. The average Bonchev–Trinajstić information content (AvgIpc) is 3.38. The second-order valence-corrected chi connectivity index (χ2v) is 6.08. The molecule has 1 aromatic carbocycles. The fourth-order valence-electron chi connectivity index (χ4n) is 2.91. The Morgan fingerprint density at radius 2 is 1.91 bits per heavy atom. The van der Waals surface area contributed by atoms with E-state index in [1.807, 2.05) is 0 Å². The van der Waals surface area contributed by atoms with E-state index in [-0.39, 0.29) is 17.6 Å². The van der Waals surface area contributed by atoms with E-state index >= 15 is 0 Å². The summed E-state index contributed by atoms with van der Waals surface area (Å²) < 4.78 is 18.8. The standard InChI is InChI=1S/C17H21FN2O3/c18-14-4-2-1-3-13(14)5-8-19-15(21)17(6-7-17)16(22)20-9-11-23-12-10-20/h1-4H,5-12H2,(H,19,21). The molecule has 124 valence electrons. The van der Waals surface area contributed by atoms with E-state index in [0.717, 1.165) is 0 Å². The summed E-state index contributed by atoms with van der Waals surface area (Å²) in [7, 11) is 0. The third-order valence-corrected chi connectivity index (χ3v) is 4.53. The van der Waals surface area contributed by atoms with Gasteiger partial charge in [-0.2, -0.15) is 0 Å². The Morgan fingerprint density at radius 3 is 2.57 bits per heavy atom. The van der Waals surface area contributed by atoms with Gasteiger partial charge in [-0.1, -0.05) is 18.2 Å². The highest BCUT2D eigenvalue weighted by Crippen LogP contribution is 2.47. The molecule has 2 fully saturated rings. The smallest absolute Gasteiger partial charge is 0.238 e. The third-order valence-electron chi connectivity index (χ3n) is 4.53. The van der Waals surface area contributed by atoms with Crippen LogP contribution in [0.4, 0.5) is 4.39 Å². The molecule has 5 nitrogen and oxygen atoms in total. The van der Waals surface area contributed by atoms with E-state index in [0.29, 0.717) is 57.7 Å². The Balaban J connectivity index is 1.53. The maximum atomic E-state index is 13.5. The van der Waals surface area contributed by atoms with Gasteiger partial charge in [0.2, 0.25) is 11.8 Å². The number of ether oxygens (including phenoxy) is 1. The lowest BCUT2D eigenvalue weighted by Gasteiger charge is -2.30. The van der Waals surface area contributed by atoms with Gasteiger partial charge in [0.05, 0.1) is 13.2 Å². The molecule has 0 atom stereocenters. The van der Waals surface area contributed by atoms with E-state index < -0.39 is 5.41 Å². The molecule has 0 unspecified atom stereocenters. The van der Waals surface area contributed by atoms with Crippen LogP contribution in [0, 0.1) is 11.2 Å². The summed E-state index contributed by atoms with van der Waals surface area (Å²) in [6, 6.07) is 6.51. The van der Waals surface area contributed by atoms with Gasteiger partial charge in [-0.15, -0.1) is 0 Å². The highest BCUT2D eigenvalue weighted by Gasteiger charge is 2.57. The highest BCUT2D eigenvalue weighted by molar-refractivity contribution is 6.07. The van der Waals surface area contributed by atoms with E-state index in [4.69, 9.17) is 4.74 Å². The van der Waals surface area contributed by atoms with Gasteiger partial charge in [0.1, 0.15) is 11.2 Å². The van der Waals surface area contributed by atoms with Crippen molar-refractivity contribution in [3.8, 4) is 0 Å². The molecule has 1 aromatic rings. The molecule has 0 bridgehead atoms. The summed E-state index contributed by atoms with van der Waals surface area (Å²) in [6.07, 6.45) is 1.60. The van der Waals surface area contributed by atoms with Crippen LogP contribution in [0.25, 0.3) is 0 Å². The Labute approximate surface area is 134 Å². The Hall–Kier alpha value is -1.95. The van der Waals surface area contributed by atoms with Crippen LogP contribution in [0.3, 0.4) is 0 Å². The summed E-state index contributed by atoms with van der Waals surface area (Å²) in [6.45, 7) is 2.47. The summed E-state index contributed by atoms with van der Waals surface area (Å²) >= 11 is 0. The molecular weight excluding hydrogens is 299 g/mol. The number of hydrogen-bond acceptors (Lipinski definition) is 3. The first-order chi connectivity index (χ1) is 11.1. The summed E-state index contributed by atoms with van der Waals surface area (Å²) in [5.41, 5.74) is -0.329. The molecule has 1 N–H and O–H groups in total. The number of rotatable bonds is 5. The van der Waals surface area contributed by atoms with Crippen molar-refractivity contribution in [3.63, 3.8) is 0 Å². The Kier molecular flexibility index (Phi) is 4.61. The zero-order valence-electron chi connectivity index (χ0n) is 13.0. The molecule has 6 heteroatoms. The van der Waals surface area contributed by atoms with Gasteiger partial charge < -0.3 is 15.0 Å². The van der Waals surface area contributed by atoms with Crippen LogP contribution in [0.1, 0.15) is 18.4 Å². The number of halogens is 1. The zero-order chi connectivity index (χ0) is 16.3. The summed E-state index contributed by atoms with van der Waals surface area (Å²) in [5, 5.41) is 2.80. The average molecular weight is 320 g/mol. The van der Waals surface area contributed by atoms with Gasteiger partial charge in [0.15, 0.2) is 0 Å². The molecule has 1 saturated heterocycles. The molecule has 0 aromatic heterocycles. The van der Waals surface area contributed by atoms with Crippen molar-refractivity contribution in [3.05, 3.63) is 35.6 Å². The predicted molar refractivity (Wildman–Crippen MR) is 82.2 cm³/mol. The first-order valence-corrected chi connectivity index (χ1v) is 8.02. The van der Waals surface area contributed by atoms with Gasteiger partial charge in [0.25, 0.3) is 0 Å². The molecule has 2 aliphatic rings. The van der Waals surface area contributed by atoms with Crippen molar-refractivity contribution in [1.29, 1.82) is 0 Å². The van der Waals surface area contributed by atoms with Gasteiger partial charge in [-0.25, -0.2) is 4.39 Å². The fourth-order valence-corrected chi connectivity index (χ4v) is 2.91. The van der Waals surface area contributed by atoms with E-state index in [1.165, 1.54) is 6.07 Å². The molecule has 1 aliphatic carbocycles. The first-order valence-electron chi connectivity index (χ1n) is 8.02. The minimum absolute atomic E-state index is 0.0933. The molecule has 23 heavy (non-hydrogen) atoms. The summed E-state index contributed by atoms with van der Waals surface area (Å²) in [5.74, 6) is -0.596. The number of benzene rings is 1. The second kappa shape index (κ2) is 6.66. The van der Waals surface area contributed by atoms with E-state index in [1.54, 1.807) is 23.1 Å². The first kappa shape index (κ1) is 15.9. The Morgan fingerprint density at radius 1 is 1.22 bits per heavy atom. The SMILES string of the molecule is O=C(NCCc1ccccc1F)C1(C(=O)N2CCOCC2)CC1. The molecule has 1 aliphatic heterocycles. The van der Waals surface area contributed by atoms with Crippen molar-refractivity contribution in [2.24, 2.45) is 5.41 Å². The van der Waals surface area contributed by atoms with Crippen molar-refractivity contribution in [2.75, 3.05) is 32.8 Å². The van der Waals surface area contributed by atoms with Crippen LogP contribution in [0.15, 0.2) is 24.3 Å². The minimum atomic E-state index is -0.896. The van der Waals surface area contributed by atoms with Crippen LogP contribution in [0.5, 0.6) is 0 Å². The van der Waals surface area contributed by atoms with Crippen molar-refractivity contribution >= 4 is 11.8 Å². The van der Waals surface area contributed by atoms with Gasteiger partial charge in [0, 0.05) is 19.6 Å².